The Balaban J connectivity index is 2.56. The normalized spacial score (nSPS) is 9.75. The van der Waals surface area contributed by atoms with Gasteiger partial charge in [0.05, 0.1) is 6.42 Å². The Morgan fingerprint density at radius 1 is 1.50 bits per heavy atom. The zero-order chi connectivity index (χ0) is 8.97. The number of Topliss-reactive ketones (excluding diaryl/α,β-unsaturated/α-hetero) is 2. The van der Waals surface area contributed by atoms with Gasteiger partial charge in [0, 0.05) is 24.4 Å². The highest BCUT2D eigenvalue weighted by atomic mass is 16.1. The lowest BCUT2D eigenvalue weighted by molar-refractivity contribution is -0.117. The van der Waals surface area contributed by atoms with Gasteiger partial charge < -0.3 is 4.98 Å². The highest BCUT2D eigenvalue weighted by Crippen LogP contribution is 2.02. The van der Waals surface area contributed by atoms with Crippen LogP contribution in [0.25, 0.3) is 0 Å². The van der Waals surface area contributed by atoms with E-state index < -0.39 is 0 Å². The van der Waals surface area contributed by atoms with Crippen molar-refractivity contribution in [3.63, 3.8) is 0 Å². The van der Waals surface area contributed by atoms with Gasteiger partial charge in [-0.2, -0.15) is 0 Å². The molecule has 64 valence electrons. The van der Waals surface area contributed by atoms with E-state index in [1.54, 1.807) is 25.4 Å². The zero-order valence-corrected chi connectivity index (χ0v) is 6.96. The van der Waals surface area contributed by atoms with Gasteiger partial charge >= 0.3 is 0 Å². The third-order valence-corrected chi connectivity index (χ3v) is 1.67. The molecular formula is C9H11NO2. The van der Waals surface area contributed by atoms with E-state index in [4.69, 9.17) is 0 Å². The largest absolute Gasteiger partial charge is 0.367 e. The monoisotopic (exact) mass is 165 g/mol. The molecule has 1 N–H and O–H groups in total. The Labute approximate surface area is 70.8 Å². The van der Waals surface area contributed by atoms with Gasteiger partial charge in [-0.15, -0.1) is 0 Å². The third-order valence-electron chi connectivity index (χ3n) is 1.67. The first-order valence-corrected chi connectivity index (χ1v) is 3.91. The summed E-state index contributed by atoms with van der Waals surface area (Å²) < 4.78 is 0. The van der Waals surface area contributed by atoms with Crippen molar-refractivity contribution in [3.05, 3.63) is 24.0 Å². The van der Waals surface area contributed by atoms with E-state index in [1.807, 2.05) is 0 Å². The summed E-state index contributed by atoms with van der Waals surface area (Å²) in [6.45, 7) is 1.76. The summed E-state index contributed by atoms with van der Waals surface area (Å²) in [5.41, 5.74) is 0.580. The van der Waals surface area contributed by atoms with Crippen molar-refractivity contribution in [1.82, 2.24) is 4.98 Å². The van der Waals surface area contributed by atoms with Crippen LogP contribution in [0.1, 0.15) is 30.1 Å². The second-order valence-electron chi connectivity index (χ2n) is 2.59. The maximum absolute atomic E-state index is 11.2. The molecule has 0 aliphatic carbocycles. The van der Waals surface area contributed by atoms with E-state index in [0.717, 1.165) is 0 Å². The summed E-state index contributed by atoms with van der Waals surface area (Å²) in [7, 11) is 0. The van der Waals surface area contributed by atoms with Crippen molar-refractivity contribution in [2.24, 2.45) is 0 Å². The first-order chi connectivity index (χ1) is 5.74. The molecule has 0 bridgehead atoms. The van der Waals surface area contributed by atoms with Crippen molar-refractivity contribution in [2.45, 2.75) is 19.8 Å². The maximum Gasteiger partial charge on any atom is 0.171 e. The molecule has 0 radical (unpaired) electrons. The summed E-state index contributed by atoms with van der Waals surface area (Å²) in [5.74, 6) is -0.121. The van der Waals surface area contributed by atoms with E-state index in [1.165, 1.54) is 0 Å². The average molecular weight is 165 g/mol. The van der Waals surface area contributed by atoms with E-state index in [2.05, 4.69) is 4.98 Å². The van der Waals surface area contributed by atoms with Crippen molar-refractivity contribution in [3.8, 4) is 0 Å². The molecule has 1 rings (SSSR count). The SMILES string of the molecule is CCC(=O)CC(=O)c1cc[nH]c1. The second kappa shape index (κ2) is 3.85. The summed E-state index contributed by atoms with van der Waals surface area (Å²) in [4.78, 5) is 24.9. The maximum atomic E-state index is 11.2. The molecule has 0 fully saturated rings. The van der Waals surface area contributed by atoms with Crippen molar-refractivity contribution in [2.75, 3.05) is 0 Å². The van der Waals surface area contributed by atoms with Crippen LogP contribution in [0.3, 0.4) is 0 Å². The summed E-state index contributed by atoms with van der Waals surface area (Å²) in [6.07, 6.45) is 3.72. The Morgan fingerprint density at radius 3 is 2.75 bits per heavy atom. The van der Waals surface area contributed by atoms with E-state index >= 15 is 0 Å². The first kappa shape index (κ1) is 8.71. The smallest absolute Gasteiger partial charge is 0.171 e. The lowest BCUT2D eigenvalue weighted by Crippen LogP contribution is -2.05. The summed E-state index contributed by atoms with van der Waals surface area (Å²) in [5, 5.41) is 0. The predicted octanol–water partition coefficient (Wildman–Crippen LogP) is 1.57. The molecule has 1 heterocycles. The minimum absolute atomic E-state index is 0.0128. The van der Waals surface area contributed by atoms with Crippen molar-refractivity contribution in [1.29, 1.82) is 0 Å². The third kappa shape index (κ3) is 2.05. The molecule has 0 saturated carbocycles. The highest BCUT2D eigenvalue weighted by Gasteiger charge is 2.09. The predicted molar refractivity (Wildman–Crippen MR) is 45.0 cm³/mol. The van der Waals surface area contributed by atoms with Gasteiger partial charge in [-0.25, -0.2) is 0 Å². The van der Waals surface area contributed by atoms with Crippen LogP contribution in [0, 0.1) is 0 Å². The molecular weight excluding hydrogens is 154 g/mol. The number of carbonyl (C=O) groups excluding carboxylic acids is 2. The van der Waals surface area contributed by atoms with E-state index in [-0.39, 0.29) is 18.0 Å². The number of hydrogen-bond donors (Lipinski definition) is 1. The molecule has 0 aromatic carbocycles. The number of hydrogen-bond acceptors (Lipinski definition) is 2. The molecule has 0 amide bonds. The molecule has 0 spiro atoms. The van der Waals surface area contributed by atoms with Gasteiger partial charge in [0.25, 0.3) is 0 Å². The summed E-state index contributed by atoms with van der Waals surface area (Å²) in [6, 6.07) is 1.67. The molecule has 0 saturated heterocycles. The lowest BCUT2D eigenvalue weighted by Gasteiger charge is -1.93. The Kier molecular flexibility index (Phi) is 2.80. The Morgan fingerprint density at radius 2 is 2.25 bits per heavy atom. The van der Waals surface area contributed by atoms with Gasteiger partial charge in [0.1, 0.15) is 5.78 Å². The molecule has 1 aromatic heterocycles. The van der Waals surface area contributed by atoms with Crippen LogP contribution in [-0.2, 0) is 4.79 Å². The van der Waals surface area contributed by atoms with Crippen molar-refractivity contribution >= 4 is 11.6 Å². The minimum Gasteiger partial charge on any atom is -0.367 e. The number of rotatable bonds is 4. The minimum atomic E-state index is -0.108. The fourth-order valence-electron chi connectivity index (χ4n) is 0.903. The highest BCUT2D eigenvalue weighted by molar-refractivity contribution is 6.07. The van der Waals surface area contributed by atoms with Crippen LogP contribution in [0.4, 0.5) is 0 Å². The van der Waals surface area contributed by atoms with Crippen LogP contribution in [0.15, 0.2) is 18.5 Å². The van der Waals surface area contributed by atoms with Gasteiger partial charge in [-0.3, -0.25) is 9.59 Å². The fourth-order valence-corrected chi connectivity index (χ4v) is 0.903. The number of nitrogens with one attached hydrogen (secondary N) is 1. The van der Waals surface area contributed by atoms with E-state index in [9.17, 15) is 9.59 Å². The second-order valence-corrected chi connectivity index (χ2v) is 2.59. The molecule has 0 aliphatic heterocycles. The van der Waals surface area contributed by atoms with Gasteiger partial charge in [-0.1, -0.05) is 6.92 Å². The van der Waals surface area contributed by atoms with Crippen LogP contribution in [-0.4, -0.2) is 16.6 Å². The number of aromatic nitrogens is 1. The number of H-pyrrole nitrogens is 1. The molecule has 3 heteroatoms. The molecule has 1 aromatic rings. The van der Waals surface area contributed by atoms with Crippen LogP contribution in [0.2, 0.25) is 0 Å². The number of aromatic amines is 1. The molecule has 0 atom stereocenters. The zero-order valence-electron chi connectivity index (χ0n) is 6.96. The molecule has 0 aliphatic rings. The van der Waals surface area contributed by atoms with Crippen LogP contribution >= 0.6 is 0 Å². The van der Waals surface area contributed by atoms with Crippen LogP contribution in [0.5, 0.6) is 0 Å². The average Bonchev–Trinajstić information content (AvgIpc) is 2.56. The standard InChI is InChI=1S/C9H11NO2/c1-2-8(11)5-9(12)7-3-4-10-6-7/h3-4,6,10H,2,5H2,1H3. The fraction of sp³-hybridized carbons (Fsp3) is 0.333. The topological polar surface area (TPSA) is 49.9 Å². The van der Waals surface area contributed by atoms with Gasteiger partial charge in [0.15, 0.2) is 5.78 Å². The first-order valence-electron chi connectivity index (χ1n) is 3.91. The Hall–Kier alpha value is -1.38. The number of carbonyl (C=O) groups is 2. The van der Waals surface area contributed by atoms with E-state index in [0.29, 0.717) is 12.0 Å². The quantitative estimate of drug-likeness (QED) is 0.543. The molecule has 12 heavy (non-hydrogen) atoms. The molecule has 3 nitrogen and oxygen atoms in total. The number of ketones is 2. The van der Waals surface area contributed by atoms with Gasteiger partial charge in [-0.05, 0) is 6.07 Å². The molecule has 0 unspecified atom stereocenters. The van der Waals surface area contributed by atoms with Crippen molar-refractivity contribution < 1.29 is 9.59 Å². The van der Waals surface area contributed by atoms with Crippen LogP contribution < -0.4 is 0 Å². The lowest BCUT2D eigenvalue weighted by atomic mass is 10.1. The van der Waals surface area contributed by atoms with Gasteiger partial charge in [0.2, 0.25) is 0 Å². The Bertz CT molecular complexity index is 275. The summed E-state index contributed by atoms with van der Waals surface area (Å²) >= 11 is 0.